The van der Waals surface area contributed by atoms with E-state index in [0.29, 0.717) is 17.1 Å². The molecule has 0 saturated carbocycles. The minimum Gasteiger partial charge on any atom is -0.377 e. The Morgan fingerprint density at radius 1 is 1.33 bits per heavy atom. The summed E-state index contributed by atoms with van der Waals surface area (Å²) in [6, 6.07) is 0. The van der Waals surface area contributed by atoms with Crippen molar-refractivity contribution in [2.75, 3.05) is 38.0 Å². The van der Waals surface area contributed by atoms with Gasteiger partial charge in [0.1, 0.15) is 0 Å². The molecule has 0 radical (unpaired) electrons. The summed E-state index contributed by atoms with van der Waals surface area (Å²) in [6.07, 6.45) is 1.30. The number of thioether (sulfide) groups is 1. The molecule has 1 aromatic heterocycles. The third-order valence-corrected chi connectivity index (χ3v) is 4.11. The van der Waals surface area contributed by atoms with E-state index in [1.165, 1.54) is 0 Å². The molecule has 0 aliphatic carbocycles. The van der Waals surface area contributed by atoms with Crippen LogP contribution in [0.25, 0.3) is 0 Å². The Bertz CT molecular complexity index is 414. The summed E-state index contributed by atoms with van der Waals surface area (Å²) in [7, 11) is 5.65. The molecule has 2 heterocycles. The summed E-state index contributed by atoms with van der Waals surface area (Å²) in [5.41, 5.74) is 0. The number of anilines is 2. The molecule has 1 aliphatic rings. The molecule has 1 saturated heterocycles. The van der Waals surface area contributed by atoms with Gasteiger partial charge in [-0.05, 0) is 13.3 Å². The topological polar surface area (TPSA) is 63.2 Å². The molecule has 100 valence electrons. The molecule has 7 heteroatoms. The lowest BCUT2D eigenvalue weighted by Crippen LogP contribution is -2.17. The Balaban J connectivity index is 2.18. The Morgan fingerprint density at radius 3 is 2.67 bits per heavy atom. The van der Waals surface area contributed by atoms with E-state index < -0.39 is 0 Å². The molecule has 18 heavy (non-hydrogen) atoms. The summed E-state index contributed by atoms with van der Waals surface area (Å²) < 4.78 is 5.55. The van der Waals surface area contributed by atoms with Crippen LogP contribution < -0.4 is 10.2 Å². The first-order valence-corrected chi connectivity index (χ1v) is 6.87. The molecule has 1 fully saturated rings. The van der Waals surface area contributed by atoms with E-state index in [1.807, 2.05) is 26.0 Å². The zero-order valence-corrected chi connectivity index (χ0v) is 12.0. The van der Waals surface area contributed by atoms with Gasteiger partial charge in [0, 0.05) is 33.0 Å². The van der Waals surface area contributed by atoms with Crippen molar-refractivity contribution in [1.82, 2.24) is 15.0 Å². The lowest BCUT2D eigenvalue weighted by Gasteiger charge is -2.15. The maximum atomic E-state index is 5.55. The smallest absolute Gasteiger partial charge is 0.230 e. The molecular weight excluding hydrogens is 250 g/mol. The van der Waals surface area contributed by atoms with Crippen molar-refractivity contribution in [3.8, 4) is 0 Å². The van der Waals surface area contributed by atoms with Crippen LogP contribution in [0.1, 0.15) is 13.3 Å². The first-order chi connectivity index (χ1) is 8.60. The number of ether oxygens (including phenoxy) is 1. The van der Waals surface area contributed by atoms with Gasteiger partial charge in [-0.1, -0.05) is 11.8 Å². The Labute approximate surface area is 112 Å². The van der Waals surface area contributed by atoms with Crippen LogP contribution in [0.3, 0.4) is 0 Å². The van der Waals surface area contributed by atoms with Crippen LogP contribution in [0.2, 0.25) is 0 Å². The van der Waals surface area contributed by atoms with E-state index >= 15 is 0 Å². The Kier molecular flexibility index (Phi) is 4.23. The molecule has 2 atom stereocenters. The normalized spacial score (nSPS) is 23.1. The average Bonchev–Trinajstić information content (AvgIpc) is 2.74. The van der Waals surface area contributed by atoms with Crippen molar-refractivity contribution in [3.05, 3.63) is 0 Å². The fourth-order valence-electron chi connectivity index (χ4n) is 1.71. The highest BCUT2D eigenvalue weighted by Crippen LogP contribution is 2.31. The van der Waals surface area contributed by atoms with Gasteiger partial charge in [-0.25, -0.2) is 0 Å². The van der Waals surface area contributed by atoms with Gasteiger partial charge in [-0.3, -0.25) is 0 Å². The third-order valence-electron chi connectivity index (χ3n) is 2.79. The number of nitrogens with zero attached hydrogens (tertiary/aromatic N) is 4. The van der Waals surface area contributed by atoms with Crippen molar-refractivity contribution >= 4 is 23.7 Å². The quantitative estimate of drug-likeness (QED) is 0.882. The summed E-state index contributed by atoms with van der Waals surface area (Å²) in [4.78, 5) is 15.0. The SMILES string of the molecule is CNc1nc(SC2CCOC2C)nc(N(C)C)n1. The zero-order valence-electron chi connectivity index (χ0n) is 11.2. The van der Waals surface area contributed by atoms with E-state index in [0.717, 1.165) is 18.2 Å². The van der Waals surface area contributed by atoms with E-state index in [9.17, 15) is 0 Å². The van der Waals surface area contributed by atoms with Crippen molar-refractivity contribution in [1.29, 1.82) is 0 Å². The number of rotatable bonds is 4. The highest BCUT2D eigenvalue weighted by molar-refractivity contribution is 7.99. The predicted octanol–water partition coefficient (Wildman–Crippen LogP) is 1.25. The van der Waals surface area contributed by atoms with Gasteiger partial charge in [0.2, 0.25) is 11.9 Å². The average molecular weight is 269 g/mol. The van der Waals surface area contributed by atoms with E-state index in [-0.39, 0.29) is 6.10 Å². The van der Waals surface area contributed by atoms with Crippen LogP contribution in [0.15, 0.2) is 5.16 Å². The lowest BCUT2D eigenvalue weighted by atomic mass is 10.3. The van der Waals surface area contributed by atoms with Crippen molar-refractivity contribution in [2.45, 2.75) is 29.9 Å². The van der Waals surface area contributed by atoms with Crippen molar-refractivity contribution in [2.24, 2.45) is 0 Å². The van der Waals surface area contributed by atoms with Crippen molar-refractivity contribution in [3.63, 3.8) is 0 Å². The largest absolute Gasteiger partial charge is 0.377 e. The maximum absolute atomic E-state index is 5.55. The Hall–Kier alpha value is -1.08. The second-order valence-corrected chi connectivity index (χ2v) is 5.61. The summed E-state index contributed by atoms with van der Waals surface area (Å²) >= 11 is 1.67. The van der Waals surface area contributed by atoms with Crippen LogP contribution in [0.4, 0.5) is 11.9 Å². The molecule has 1 N–H and O–H groups in total. The van der Waals surface area contributed by atoms with Crippen LogP contribution in [0.5, 0.6) is 0 Å². The molecular formula is C11H19N5OS. The molecule has 1 aliphatic heterocycles. The highest BCUT2D eigenvalue weighted by Gasteiger charge is 2.26. The van der Waals surface area contributed by atoms with Crippen molar-refractivity contribution < 1.29 is 4.74 Å². The minimum atomic E-state index is 0.257. The summed E-state index contributed by atoms with van der Waals surface area (Å²) in [5, 5.41) is 4.14. The van der Waals surface area contributed by atoms with Gasteiger partial charge in [-0.15, -0.1) is 0 Å². The molecule has 0 amide bonds. The summed E-state index contributed by atoms with van der Waals surface area (Å²) in [6.45, 7) is 2.92. The Morgan fingerprint density at radius 2 is 2.11 bits per heavy atom. The second kappa shape index (κ2) is 5.71. The fourth-order valence-corrected chi connectivity index (χ4v) is 2.74. The van der Waals surface area contributed by atoms with Crippen LogP contribution in [-0.4, -0.2) is 54.1 Å². The first-order valence-electron chi connectivity index (χ1n) is 5.99. The molecule has 0 aromatic carbocycles. The number of nitrogens with one attached hydrogen (secondary N) is 1. The number of hydrogen-bond acceptors (Lipinski definition) is 7. The third kappa shape index (κ3) is 3.02. The van der Waals surface area contributed by atoms with Gasteiger partial charge < -0.3 is 15.0 Å². The monoisotopic (exact) mass is 269 g/mol. The van der Waals surface area contributed by atoms with Gasteiger partial charge in [0.25, 0.3) is 0 Å². The standard InChI is InChI=1S/C11H19N5OS/c1-7-8(5-6-17-7)18-11-14-9(12-2)13-10(15-11)16(3)4/h7-8H,5-6H2,1-4H3,(H,12,13,14,15). The second-order valence-electron chi connectivity index (χ2n) is 4.41. The molecule has 2 unspecified atom stereocenters. The van der Waals surface area contributed by atoms with Gasteiger partial charge in [0.15, 0.2) is 5.16 Å². The molecule has 1 aromatic rings. The van der Waals surface area contributed by atoms with Crippen LogP contribution >= 0.6 is 11.8 Å². The lowest BCUT2D eigenvalue weighted by molar-refractivity contribution is 0.127. The first kappa shape index (κ1) is 13.4. The van der Waals surface area contributed by atoms with E-state index in [2.05, 4.69) is 27.2 Å². The highest BCUT2D eigenvalue weighted by atomic mass is 32.2. The van der Waals surface area contributed by atoms with Crippen LogP contribution in [0, 0.1) is 0 Å². The van der Waals surface area contributed by atoms with Crippen LogP contribution in [-0.2, 0) is 4.74 Å². The summed E-state index contributed by atoms with van der Waals surface area (Å²) in [5.74, 6) is 1.27. The molecule has 2 rings (SSSR count). The predicted molar refractivity (Wildman–Crippen MR) is 73.4 cm³/mol. The maximum Gasteiger partial charge on any atom is 0.230 e. The van der Waals surface area contributed by atoms with Gasteiger partial charge >= 0.3 is 0 Å². The molecule has 0 spiro atoms. The number of hydrogen-bond donors (Lipinski definition) is 1. The van der Waals surface area contributed by atoms with E-state index in [1.54, 1.807) is 11.8 Å². The molecule has 0 bridgehead atoms. The van der Waals surface area contributed by atoms with Gasteiger partial charge in [0.05, 0.1) is 6.10 Å². The minimum absolute atomic E-state index is 0.257. The molecule has 6 nitrogen and oxygen atoms in total. The zero-order chi connectivity index (χ0) is 13.1. The van der Waals surface area contributed by atoms with Gasteiger partial charge in [-0.2, -0.15) is 15.0 Å². The van der Waals surface area contributed by atoms with E-state index in [4.69, 9.17) is 4.74 Å². The number of aromatic nitrogens is 3. The fraction of sp³-hybridized carbons (Fsp3) is 0.727.